The summed E-state index contributed by atoms with van der Waals surface area (Å²) >= 11 is 0. The van der Waals surface area contributed by atoms with Crippen molar-refractivity contribution in [3.05, 3.63) is 82.3 Å². The van der Waals surface area contributed by atoms with Crippen molar-refractivity contribution in [2.24, 2.45) is 5.92 Å². The highest BCUT2D eigenvalue weighted by molar-refractivity contribution is 6.16. The Morgan fingerprint density at radius 3 is 2.85 bits per heavy atom. The Morgan fingerprint density at radius 1 is 1.12 bits per heavy atom. The van der Waals surface area contributed by atoms with Crippen molar-refractivity contribution in [1.29, 1.82) is 0 Å². The summed E-state index contributed by atoms with van der Waals surface area (Å²) in [6, 6.07) is 4.20. The van der Waals surface area contributed by atoms with Crippen LogP contribution in [0.15, 0.2) is 60.7 Å². The Hall–Kier alpha value is -3.27. The first-order valence-corrected chi connectivity index (χ1v) is 8.83. The molecular weight excluding hydrogens is 324 g/mol. The number of rotatable bonds is 2. The highest BCUT2D eigenvalue weighted by atomic mass is 16.5. The summed E-state index contributed by atoms with van der Waals surface area (Å²) in [5.41, 5.74) is 4.04. The lowest BCUT2D eigenvalue weighted by Gasteiger charge is -2.40. The maximum atomic E-state index is 12.4. The maximum Gasteiger partial charge on any atom is 0.338 e. The van der Waals surface area contributed by atoms with Gasteiger partial charge in [-0.05, 0) is 47.6 Å². The van der Waals surface area contributed by atoms with E-state index < -0.39 is 0 Å². The number of allylic oxidation sites excluding steroid dienone is 3. The maximum absolute atomic E-state index is 12.4. The van der Waals surface area contributed by atoms with Crippen LogP contribution in [0.4, 0.5) is 0 Å². The quantitative estimate of drug-likeness (QED) is 0.772. The molecule has 0 saturated carbocycles. The molecule has 2 aliphatic carbocycles. The predicted molar refractivity (Wildman–Crippen MR) is 102 cm³/mol. The van der Waals surface area contributed by atoms with E-state index >= 15 is 0 Å². The summed E-state index contributed by atoms with van der Waals surface area (Å²) in [6.45, 7) is 2.21. The van der Waals surface area contributed by atoms with Gasteiger partial charge in [-0.15, -0.1) is 0 Å². The molecule has 1 aromatic rings. The van der Waals surface area contributed by atoms with Gasteiger partial charge in [0.25, 0.3) is 0 Å². The average Bonchev–Trinajstić information content (AvgIpc) is 3.11. The first kappa shape index (κ1) is 15.0. The Morgan fingerprint density at radius 2 is 1.96 bits per heavy atom. The first-order chi connectivity index (χ1) is 12.8. The highest BCUT2D eigenvalue weighted by Gasteiger charge is 2.27. The van der Waals surface area contributed by atoms with Crippen molar-refractivity contribution < 1.29 is 9.53 Å². The van der Waals surface area contributed by atoms with Crippen LogP contribution in [0.1, 0.15) is 18.1 Å². The van der Waals surface area contributed by atoms with Gasteiger partial charge in [0.1, 0.15) is 0 Å². The smallest absolute Gasteiger partial charge is 0.338 e. The summed E-state index contributed by atoms with van der Waals surface area (Å²) in [5.74, 6) is -0.0843. The van der Waals surface area contributed by atoms with Crippen LogP contribution in [0.2, 0.25) is 0 Å². The zero-order valence-corrected chi connectivity index (χ0v) is 14.4. The molecule has 0 N–H and O–H groups in total. The molecule has 0 saturated heterocycles. The van der Waals surface area contributed by atoms with Crippen LogP contribution in [0.25, 0.3) is 23.8 Å². The minimum absolute atomic E-state index is 0.172. The molecule has 0 spiro atoms. The molecule has 2 heterocycles. The minimum atomic E-state index is -0.256. The monoisotopic (exact) mass is 342 g/mol. The molecule has 4 nitrogen and oxygen atoms in total. The van der Waals surface area contributed by atoms with Crippen LogP contribution < -0.4 is 10.4 Å². The summed E-state index contributed by atoms with van der Waals surface area (Å²) in [4.78, 5) is 12.4. The number of nitrogens with zero attached hydrogens (tertiary/aromatic N) is 2. The summed E-state index contributed by atoms with van der Waals surface area (Å²) in [5, 5.41) is 6.30. The number of ether oxygens (including phenoxy) is 1. The predicted octanol–water partition coefficient (Wildman–Crippen LogP) is 2.27. The summed E-state index contributed by atoms with van der Waals surface area (Å²) in [6.07, 6.45) is 20.7. The van der Waals surface area contributed by atoms with E-state index in [1.165, 1.54) is 5.70 Å². The van der Waals surface area contributed by atoms with Crippen LogP contribution in [0, 0.1) is 5.92 Å². The number of esters is 1. The van der Waals surface area contributed by atoms with Crippen LogP contribution in [0.5, 0.6) is 0 Å². The molecule has 4 aliphatic rings. The minimum Gasteiger partial charge on any atom is -0.462 e. The molecule has 0 aromatic heterocycles. The van der Waals surface area contributed by atoms with Crippen molar-refractivity contribution in [1.82, 2.24) is 10.0 Å². The Bertz CT molecular complexity index is 1090. The van der Waals surface area contributed by atoms with E-state index in [1.807, 2.05) is 37.4 Å². The molecule has 1 aromatic carbocycles. The lowest BCUT2D eigenvalue weighted by atomic mass is 9.90. The van der Waals surface area contributed by atoms with Gasteiger partial charge in [0, 0.05) is 29.7 Å². The molecule has 128 valence electrons. The second-order valence-corrected chi connectivity index (χ2v) is 6.51. The van der Waals surface area contributed by atoms with Crippen LogP contribution in [0.3, 0.4) is 0 Å². The van der Waals surface area contributed by atoms with E-state index in [9.17, 15) is 4.79 Å². The topological polar surface area (TPSA) is 32.8 Å². The van der Waals surface area contributed by atoms with Gasteiger partial charge in [-0.25, -0.2) is 4.79 Å². The zero-order valence-electron chi connectivity index (χ0n) is 14.4. The summed E-state index contributed by atoms with van der Waals surface area (Å²) in [7, 11) is 0. The van der Waals surface area contributed by atoms with Crippen LogP contribution in [-0.2, 0) is 9.53 Å². The fraction of sp³-hybridized carbons (Fsp3) is 0.136. The third kappa shape index (κ3) is 2.12. The standard InChI is InChI=1S/C22H18N2O2/c1-2-26-22(25)18-8-7-15-5-6-16-14-20-17(13-19(16)21(15)18)9-12-23-10-3-4-11-24(20)23/h3-14,17H,2H2,1H3. The number of carbonyl (C=O) groups is 1. The van der Waals surface area contributed by atoms with Crippen molar-refractivity contribution in [2.75, 3.05) is 6.61 Å². The second-order valence-electron chi connectivity index (χ2n) is 6.51. The van der Waals surface area contributed by atoms with Crippen molar-refractivity contribution in [2.45, 2.75) is 6.92 Å². The third-order valence-corrected chi connectivity index (χ3v) is 5.03. The van der Waals surface area contributed by atoms with Gasteiger partial charge in [-0.1, -0.05) is 30.4 Å². The Labute approximate surface area is 151 Å². The lowest BCUT2D eigenvalue weighted by molar-refractivity contribution is -0.136. The number of benzene rings is 1. The molecule has 5 rings (SSSR count). The van der Waals surface area contributed by atoms with Crippen molar-refractivity contribution in [3.63, 3.8) is 0 Å². The van der Waals surface area contributed by atoms with Gasteiger partial charge in [-0.3, -0.25) is 10.0 Å². The Balaban J connectivity index is 1.72. The van der Waals surface area contributed by atoms with Crippen LogP contribution in [-0.4, -0.2) is 22.6 Å². The molecule has 1 atom stereocenters. The lowest BCUT2D eigenvalue weighted by Crippen LogP contribution is -2.41. The zero-order chi connectivity index (χ0) is 17.7. The number of hydrazine groups is 1. The van der Waals surface area contributed by atoms with Gasteiger partial charge >= 0.3 is 5.97 Å². The molecule has 26 heavy (non-hydrogen) atoms. The van der Waals surface area contributed by atoms with E-state index in [0.717, 1.165) is 21.6 Å². The van der Waals surface area contributed by atoms with E-state index in [0.29, 0.717) is 12.2 Å². The number of hydrogen-bond acceptors (Lipinski definition) is 4. The van der Waals surface area contributed by atoms with E-state index in [2.05, 4.69) is 52.8 Å². The number of hydrogen-bond donors (Lipinski definition) is 0. The van der Waals surface area contributed by atoms with Crippen LogP contribution >= 0.6 is 0 Å². The number of carbonyl (C=O) groups excluding carboxylic acids is 1. The van der Waals surface area contributed by atoms with E-state index in [4.69, 9.17) is 4.74 Å². The van der Waals surface area contributed by atoms with Crippen molar-refractivity contribution in [3.8, 4) is 0 Å². The summed E-state index contributed by atoms with van der Waals surface area (Å²) < 4.78 is 5.25. The average molecular weight is 342 g/mol. The molecule has 0 amide bonds. The van der Waals surface area contributed by atoms with Crippen molar-refractivity contribution >= 4 is 29.8 Å². The second kappa shape index (κ2) is 5.63. The molecule has 0 radical (unpaired) electrons. The molecule has 0 fully saturated rings. The van der Waals surface area contributed by atoms with E-state index in [-0.39, 0.29) is 11.9 Å². The molecular formula is C22H18N2O2. The van der Waals surface area contributed by atoms with Gasteiger partial charge < -0.3 is 4.74 Å². The molecule has 0 bridgehead atoms. The first-order valence-electron chi connectivity index (χ1n) is 8.83. The highest BCUT2D eigenvalue weighted by Crippen LogP contribution is 2.31. The molecule has 1 unspecified atom stereocenters. The fourth-order valence-corrected chi connectivity index (χ4v) is 3.87. The van der Waals surface area contributed by atoms with Gasteiger partial charge in [0.05, 0.1) is 17.9 Å². The SMILES string of the molecule is CCOC(=O)C1=c2c(ccc3c2=CC2C=CN4C=CC=CN4C2=C3)C=C1. The largest absolute Gasteiger partial charge is 0.462 e. The molecule has 4 heteroatoms. The van der Waals surface area contributed by atoms with Gasteiger partial charge in [0.15, 0.2) is 0 Å². The Kier molecular flexibility index (Phi) is 3.25. The van der Waals surface area contributed by atoms with E-state index in [1.54, 1.807) is 0 Å². The third-order valence-electron chi connectivity index (χ3n) is 5.03. The number of fused-ring (bicyclic) bond motifs is 6. The van der Waals surface area contributed by atoms with Gasteiger partial charge in [-0.2, -0.15) is 0 Å². The molecule has 2 aliphatic heterocycles. The van der Waals surface area contributed by atoms with Gasteiger partial charge in [0.2, 0.25) is 0 Å². The normalized spacial score (nSPS) is 20.9. The fourth-order valence-electron chi connectivity index (χ4n) is 3.87.